The molecule has 5 saturated carbocycles. The van der Waals surface area contributed by atoms with Crippen LogP contribution < -0.4 is 21.7 Å². The molecule has 2 amide bonds. The first kappa shape index (κ1) is 24.2. The molecule has 2 unspecified atom stereocenters. The third kappa shape index (κ3) is 4.44. The van der Waals surface area contributed by atoms with Crippen molar-refractivity contribution in [2.24, 2.45) is 28.9 Å². The Morgan fingerprint density at radius 2 is 1.84 bits per heavy atom. The summed E-state index contributed by atoms with van der Waals surface area (Å²) in [4.78, 5) is 34.5. The Morgan fingerprint density at radius 1 is 1.11 bits per heavy atom. The zero-order valence-corrected chi connectivity index (χ0v) is 22.0. The fourth-order valence-electron chi connectivity index (χ4n) is 7.17. The number of nitrogens with two attached hydrogens (primary N) is 1. The van der Waals surface area contributed by atoms with Crippen molar-refractivity contribution < 1.29 is 9.59 Å². The number of rotatable bonds is 8. The highest BCUT2D eigenvalue weighted by molar-refractivity contribution is 5.86. The summed E-state index contributed by atoms with van der Waals surface area (Å²) in [6.07, 6.45) is 9.54. The summed E-state index contributed by atoms with van der Waals surface area (Å²) in [6.45, 7) is 5.68. The highest BCUT2D eigenvalue weighted by Gasteiger charge is 2.58. The number of hydrogen-bond donors (Lipinski definition) is 4. The molecular formula is C29H38N6O2. The van der Waals surface area contributed by atoms with Crippen LogP contribution in [0.4, 0.5) is 17.5 Å². The smallest absolute Gasteiger partial charge is 0.229 e. The van der Waals surface area contributed by atoms with E-state index in [-0.39, 0.29) is 11.3 Å². The highest BCUT2D eigenvalue weighted by Crippen LogP contribution is 2.60. The molecule has 1 heterocycles. The largest absolute Gasteiger partial charge is 0.369 e. The van der Waals surface area contributed by atoms with Crippen molar-refractivity contribution in [3.05, 3.63) is 41.6 Å². The lowest BCUT2D eigenvalue weighted by Crippen LogP contribution is -2.60. The summed E-state index contributed by atoms with van der Waals surface area (Å²) in [6, 6.07) is 8.42. The number of carbonyl (C=O) groups excluding carboxylic acids is 2. The molecule has 8 nitrogen and oxygen atoms in total. The molecule has 37 heavy (non-hydrogen) atoms. The van der Waals surface area contributed by atoms with Crippen LogP contribution in [-0.2, 0) is 15.0 Å². The number of amides is 2. The normalized spacial score (nSPS) is 30.1. The van der Waals surface area contributed by atoms with Crippen LogP contribution in [0.3, 0.4) is 0 Å². The van der Waals surface area contributed by atoms with Gasteiger partial charge in [-0.2, -0.15) is 4.98 Å². The Labute approximate surface area is 218 Å². The van der Waals surface area contributed by atoms with Crippen LogP contribution in [0.2, 0.25) is 0 Å². The molecule has 0 spiro atoms. The van der Waals surface area contributed by atoms with E-state index in [0.717, 1.165) is 54.7 Å². The minimum atomic E-state index is -0.773. The maximum absolute atomic E-state index is 13.2. The van der Waals surface area contributed by atoms with Gasteiger partial charge in [0.15, 0.2) is 0 Å². The zero-order valence-electron chi connectivity index (χ0n) is 22.0. The van der Waals surface area contributed by atoms with Gasteiger partial charge in [0.1, 0.15) is 5.82 Å². The monoisotopic (exact) mass is 502 g/mol. The maximum atomic E-state index is 13.2. The Bertz CT molecular complexity index is 1220. The molecule has 5 fully saturated rings. The van der Waals surface area contributed by atoms with Gasteiger partial charge in [0.05, 0.1) is 10.8 Å². The van der Waals surface area contributed by atoms with E-state index >= 15 is 0 Å². The van der Waals surface area contributed by atoms with Gasteiger partial charge in [-0.05, 0) is 101 Å². The second kappa shape index (κ2) is 8.71. The van der Waals surface area contributed by atoms with E-state index in [2.05, 4.69) is 20.9 Å². The van der Waals surface area contributed by atoms with Crippen LogP contribution in [0.15, 0.2) is 30.5 Å². The lowest BCUT2D eigenvalue weighted by molar-refractivity contribution is -0.147. The van der Waals surface area contributed by atoms with E-state index in [1.807, 2.05) is 51.2 Å². The van der Waals surface area contributed by atoms with E-state index in [4.69, 9.17) is 10.7 Å². The van der Waals surface area contributed by atoms with Crippen molar-refractivity contribution in [1.82, 2.24) is 15.3 Å². The number of primary amides is 1. The van der Waals surface area contributed by atoms with Crippen LogP contribution in [0, 0.1) is 30.1 Å². The van der Waals surface area contributed by atoms with Crippen molar-refractivity contribution in [3.63, 3.8) is 0 Å². The Balaban J connectivity index is 1.18. The van der Waals surface area contributed by atoms with Crippen LogP contribution in [0.5, 0.6) is 0 Å². The SMILES string of the molecule is Cc1cnc(Nc2cccc(C(C)(C)C(N)=O)c2)nc1NC1C2CC3CC1CC(C(=O)NC1CC1)(C3)C2. The van der Waals surface area contributed by atoms with Gasteiger partial charge < -0.3 is 21.7 Å². The number of hydrogen-bond acceptors (Lipinski definition) is 6. The molecule has 7 rings (SSSR count). The molecule has 0 radical (unpaired) electrons. The summed E-state index contributed by atoms with van der Waals surface area (Å²) in [5.41, 5.74) is 7.33. The Morgan fingerprint density at radius 3 is 2.51 bits per heavy atom. The highest BCUT2D eigenvalue weighted by atomic mass is 16.2. The molecule has 5 N–H and O–H groups in total. The number of nitrogens with zero attached hydrogens (tertiary/aromatic N) is 2. The second-order valence-electron chi connectivity index (χ2n) is 12.6. The van der Waals surface area contributed by atoms with Gasteiger partial charge in [0, 0.05) is 29.5 Å². The summed E-state index contributed by atoms with van der Waals surface area (Å²) >= 11 is 0. The molecule has 0 aliphatic heterocycles. The van der Waals surface area contributed by atoms with Gasteiger partial charge in [0.2, 0.25) is 17.8 Å². The van der Waals surface area contributed by atoms with Crippen LogP contribution in [0.25, 0.3) is 0 Å². The van der Waals surface area contributed by atoms with Crippen molar-refractivity contribution in [2.45, 2.75) is 83.2 Å². The summed E-state index contributed by atoms with van der Waals surface area (Å²) in [7, 11) is 0. The lowest BCUT2D eigenvalue weighted by Gasteiger charge is -2.59. The van der Waals surface area contributed by atoms with Gasteiger partial charge >= 0.3 is 0 Å². The van der Waals surface area contributed by atoms with Crippen molar-refractivity contribution in [1.29, 1.82) is 0 Å². The minimum absolute atomic E-state index is 0.158. The molecule has 2 atom stereocenters. The molecule has 5 aliphatic carbocycles. The first-order chi connectivity index (χ1) is 17.6. The van der Waals surface area contributed by atoms with Crippen LogP contribution >= 0.6 is 0 Å². The molecule has 196 valence electrons. The number of benzene rings is 1. The summed E-state index contributed by atoms with van der Waals surface area (Å²) in [5, 5.41) is 10.4. The molecule has 5 aliphatic rings. The molecule has 8 heteroatoms. The van der Waals surface area contributed by atoms with E-state index in [1.165, 1.54) is 12.8 Å². The third-order valence-corrected chi connectivity index (χ3v) is 9.40. The topological polar surface area (TPSA) is 122 Å². The third-order valence-electron chi connectivity index (χ3n) is 9.40. The molecule has 2 aromatic rings. The van der Waals surface area contributed by atoms with E-state index in [9.17, 15) is 9.59 Å². The van der Waals surface area contributed by atoms with E-state index < -0.39 is 5.41 Å². The predicted octanol–water partition coefficient (Wildman–Crippen LogP) is 4.18. The van der Waals surface area contributed by atoms with Gasteiger partial charge in [-0.25, -0.2) is 4.98 Å². The number of aryl methyl sites for hydroxylation is 1. The van der Waals surface area contributed by atoms with Crippen molar-refractivity contribution in [2.75, 3.05) is 10.6 Å². The van der Waals surface area contributed by atoms with E-state index in [1.54, 1.807) is 0 Å². The van der Waals surface area contributed by atoms with Crippen LogP contribution in [0.1, 0.15) is 69.9 Å². The van der Waals surface area contributed by atoms with Crippen LogP contribution in [-0.4, -0.2) is 33.9 Å². The Kier molecular flexibility index (Phi) is 5.69. The van der Waals surface area contributed by atoms with Gasteiger partial charge in [-0.1, -0.05) is 12.1 Å². The van der Waals surface area contributed by atoms with Gasteiger partial charge in [-0.3, -0.25) is 9.59 Å². The molecular weight excluding hydrogens is 464 g/mol. The summed E-state index contributed by atoms with van der Waals surface area (Å²) < 4.78 is 0. The average Bonchev–Trinajstić information content (AvgIpc) is 3.67. The fourth-order valence-corrected chi connectivity index (χ4v) is 7.17. The number of aromatic nitrogens is 2. The molecule has 0 saturated heterocycles. The predicted molar refractivity (Wildman–Crippen MR) is 143 cm³/mol. The quantitative estimate of drug-likeness (QED) is 0.430. The van der Waals surface area contributed by atoms with Gasteiger partial charge in [-0.15, -0.1) is 0 Å². The number of anilines is 3. The standard InChI is InChI=1S/C29H38N6O2/c1-16-15-31-27(33-22-6-4-5-20(11-22)28(2,3)25(30)36)35-24(16)34-23-18-9-17-10-19(23)14-29(12-17,13-18)26(37)32-21-7-8-21/h4-6,11,15,17-19,21,23H,7-10,12-14H2,1-3H3,(H2,30,36)(H,32,37)(H2,31,33,34,35). The first-order valence-electron chi connectivity index (χ1n) is 13.7. The summed E-state index contributed by atoms with van der Waals surface area (Å²) in [5.74, 6) is 2.96. The average molecular weight is 503 g/mol. The molecule has 1 aromatic heterocycles. The van der Waals surface area contributed by atoms with E-state index in [0.29, 0.717) is 41.7 Å². The lowest BCUT2D eigenvalue weighted by atomic mass is 9.47. The van der Waals surface area contributed by atoms with Crippen molar-refractivity contribution >= 4 is 29.3 Å². The minimum Gasteiger partial charge on any atom is -0.369 e. The maximum Gasteiger partial charge on any atom is 0.229 e. The molecule has 1 aromatic carbocycles. The number of carbonyl (C=O) groups is 2. The number of nitrogens with one attached hydrogen (secondary N) is 3. The second-order valence-corrected chi connectivity index (χ2v) is 12.6. The van der Waals surface area contributed by atoms with Gasteiger partial charge in [0.25, 0.3) is 0 Å². The van der Waals surface area contributed by atoms with Crippen molar-refractivity contribution in [3.8, 4) is 0 Å². The molecule has 4 bridgehead atoms. The first-order valence-corrected chi connectivity index (χ1v) is 13.7. The fraction of sp³-hybridized carbons (Fsp3) is 0.586. The zero-order chi connectivity index (χ0) is 25.9. The Hall–Kier alpha value is -3.16.